The van der Waals surface area contributed by atoms with E-state index in [0.29, 0.717) is 42.6 Å². The van der Waals surface area contributed by atoms with Gasteiger partial charge >= 0.3 is 0 Å². The number of hydrogen-bond acceptors (Lipinski definition) is 6. The lowest BCUT2D eigenvalue weighted by Crippen LogP contribution is -2.40. The monoisotopic (exact) mass is 305 g/mol. The number of fused-ring (bicyclic) bond motifs is 1. The molecule has 0 aromatic heterocycles. The van der Waals surface area contributed by atoms with Gasteiger partial charge < -0.3 is 14.2 Å². The summed E-state index contributed by atoms with van der Waals surface area (Å²) in [6.45, 7) is 3.60. The Kier molecular flexibility index (Phi) is 4.47. The second-order valence-electron chi connectivity index (χ2n) is 5.21. The van der Waals surface area contributed by atoms with Gasteiger partial charge in [0.15, 0.2) is 0 Å². The van der Waals surface area contributed by atoms with Crippen molar-refractivity contribution >= 4 is 17.5 Å². The van der Waals surface area contributed by atoms with Crippen molar-refractivity contribution in [3.63, 3.8) is 0 Å². The second kappa shape index (κ2) is 6.51. The highest BCUT2D eigenvalue weighted by atomic mass is 16.5. The molecule has 1 amide bonds. The number of amidine groups is 1. The number of carbonyl (C=O) groups excluding carboxylic acids is 1. The Morgan fingerprint density at radius 3 is 2.77 bits per heavy atom. The van der Waals surface area contributed by atoms with Gasteiger partial charge in [-0.25, -0.2) is 4.99 Å². The number of methoxy groups -OCH3 is 2. The molecule has 1 fully saturated rings. The molecule has 0 aromatic carbocycles. The fourth-order valence-electron chi connectivity index (χ4n) is 2.62. The highest BCUT2D eigenvalue weighted by Crippen LogP contribution is 2.22. The van der Waals surface area contributed by atoms with Gasteiger partial charge in [-0.2, -0.15) is 4.99 Å². The van der Waals surface area contributed by atoms with Crippen molar-refractivity contribution in [2.24, 2.45) is 9.98 Å². The SMILES string of the molecule is COC1=CC2=NC(CN3CCOCC3)=NC(=O)C2=CC1OC. The van der Waals surface area contributed by atoms with E-state index in [1.807, 2.05) is 0 Å². The van der Waals surface area contributed by atoms with Crippen LogP contribution >= 0.6 is 0 Å². The summed E-state index contributed by atoms with van der Waals surface area (Å²) in [6.07, 6.45) is 3.07. The molecule has 1 atom stereocenters. The molecule has 2 heterocycles. The summed E-state index contributed by atoms with van der Waals surface area (Å²) in [4.78, 5) is 23.0. The van der Waals surface area contributed by atoms with Crippen LogP contribution < -0.4 is 0 Å². The third-order valence-corrected chi connectivity index (χ3v) is 3.82. The van der Waals surface area contributed by atoms with Gasteiger partial charge in [-0.1, -0.05) is 0 Å². The van der Waals surface area contributed by atoms with Gasteiger partial charge in [-0.3, -0.25) is 9.69 Å². The summed E-state index contributed by atoms with van der Waals surface area (Å²) in [6, 6.07) is 0. The second-order valence-corrected chi connectivity index (χ2v) is 5.21. The molecule has 3 rings (SSSR count). The zero-order valence-electron chi connectivity index (χ0n) is 12.7. The number of allylic oxidation sites excluding steroid dienone is 1. The van der Waals surface area contributed by atoms with Crippen molar-refractivity contribution in [2.75, 3.05) is 47.1 Å². The minimum Gasteiger partial charge on any atom is -0.498 e. The van der Waals surface area contributed by atoms with Crippen LogP contribution in [0.25, 0.3) is 0 Å². The quantitative estimate of drug-likeness (QED) is 0.741. The fourth-order valence-corrected chi connectivity index (χ4v) is 2.62. The smallest absolute Gasteiger partial charge is 0.280 e. The van der Waals surface area contributed by atoms with Crippen LogP contribution in [0, 0.1) is 0 Å². The van der Waals surface area contributed by atoms with Crippen molar-refractivity contribution in [3.05, 3.63) is 23.5 Å². The molecule has 0 aromatic rings. The molecule has 7 heteroatoms. The molecule has 22 heavy (non-hydrogen) atoms. The van der Waals surface area contributed by atoms with Gasteiger partial charge in [0, 0.05) is 26.3 Å². The lowest BCUT2D eigenvalue weighted by molar-refractivity contribution is -0.114. The van der Waals surface area contributed by atoms with Crippen LogP contribution in [0.2, 0.25) is 0 Å². The highest BCUT2D eigenvalue weighted by molar-refractivity contribution is 6.33. The molecule has 1 saturated heterocycles. The highest BCUT2D eigenvalue weighted by Gasteiger charge is 2.29. The van der Waals surface area contributed by atoms with Gasteiger partial charge in [-0.05, 0) is 6.08 Å². The first kappa shape index (κ1) is 15.1. The van der Waals surface area contributed by atoms with E-state index in [4.69, 9.17) is 14.2 Å². The molecule has 7 nitrogen and oxygen atoms in total. The van der Waals surface area contributed by atoms with Gasteiger partial charge in [0.25, 0.3) is 5.91 Å². The molecule has 3 aliphatic rings. The van der Waals surface area contributed by atoms with Crippen molar-refractivity contribution in [3.8, 4) is 0 Å². The zero-order chi connectivity index (χ0) is 15.5. The first-order valence-electron chi connectivity index (χ1n) is 7.22. The summed E-state index contributed by atoms with van der Waals surface area (Å²) >= 11 is 0. The van der Waals surface area contributed by atoms with E-state index in [-0.39, 0.29) is 12.0 Å². The minimum atomic E-state index is -0.376. The predicted molar refractivity (Wildman–Crippen MR) is 81.1 cm³/mol. The van der Waals surface area contributed by atoms with Crippen LogP contribution in [-0.2, 0) is 19.0 Å². The van der Waals surface area contributed by atoms with E-state index in [2.05, 4.69) is 14.9 Å². The van der Waals surface area contributed by atoms with Gasteiger partial charge in [-0.15, -0.1) is 0 Å². The van der Waals surface area contributed by atoms with E-state index in [1.165, 1.54) is 0 Å². The third kappa shape index (κ3) is 3.01. The number of rotatable bonds is 4. The minimum absolute atomic E-state index is 0.276. The molecule has 0 N–H and O–H groups in total. The van der Waals surface area contributed by atoms with Crippen molar-refractivity contribution in [1.29, 1.82) is 0 Å². The van der Waals surface area contributed by atoms with E-state index in [1.54, 1.807) is 26.4 Å². The Bertz CT molecular complexity index is 586. The predicted octanol–water partition coefficient (Wildman–Crippen LogP) is 0.184. The van der Waals surface area contributed by atoms with Crippen molar-refractivity contribution in [2.45, 2.75) is 6.10 Å². The van der Waals surface area contributed by atoms with Crippen LogP contribution in [0.4, 0.5) is 0 Å². The maximum absolute atomic E-state index is 12.2. The molecule has 1 aliphatic carbocycles. The Morgan fingerprint density at radius 2 is 2.09 bits per heavy atom. The maximum atomic E-state index is 12.2. The average molecular weight is 305 g/mol. The number of nitrogens with zero attached hydrogens (tertiary/aromatic N) is 3. The number of amides is 1. The first-order valence-corrected chi connectivity index (χ1v) is 7.22. The molecule has 2 aliphatic heterocycles. The number of ether oxygens (including phenoxy) is 3. The van der Waals surface area contributed by atoms with Gasteiger partial charge in [0.05, 0.1) is 38.2 Å². The van der Waals surface area contributed by atoms with Crippen LogP contribution in [0.15, 0.2) is 33.5 Å². The number of aliphatic imine (C=N–C) groups is 2. The topological polar surface area (TPSA) is 72.7 Å². The van der Waals surface area contributed by atoms with Crippen LogP contribution in [-0.4, -0.2) is 75.5 Å². The molecule has 0 spiro atoms. The Balaban J connectivity index is 1.81. The van der Waals surface area contributed by atoms with E-state index >= 15 is 0 Å². The standard InChI is InChI=1S/C15H19N3O4/c1-20-12-7-10-11(8-13(12)21-2)16-14(17-15(10)19)9-18-3-5-22-6-4-18/h7-8,12H,3-6,9H2,1-2H3. The summed E-state index contributed by atoms with van der Waals surface area (Å²) in [7, 11) is 3.14. The number of hydrogen-bond donors (Lipinski definition) is 0. The summed E-state index contributed by atoms with van der Waals surface area (Å²) < 4.78 is 15.9. The summed E-state index contributed by atoms with van der Waals surface area (Å²) in [5.41, 5.74) is 1.06. The molecule has 0 radical (unpaired) electrons. The van der Waals surface area contributed by atoms with E-state index < -0.39 is 0 Å². The Labute approximate surface area is 129 Å². The van der Waals surface area contributed by atoms with Crippen LogP contribution in [0.1, 0.15) is 0 Å². The normalized spacial score (nSPS) is 25.7. The van der Waals surface area contributed by atoms with Crippen molar-refractivity contribution < 1.29 is 19.0 Å². The van der Waals surface area contributed by atoms with Gasteiger partial charge in [0.2, 0.25) is 0 Å². The summed E-state index contributed by atoms with van der Waals surface area (Å²) in [5.74, 6) is 0.883. The first-order chi connectivity index (χ1) is 10.7. The van der Waals surface area contributed by atoms with Crippen LogP contribution in [0.5, 0.6) is 0 Å². The largest absolute Gasteiger partial charge is 0.498 e. The molecular formula is C15H19N3O4. The van der Waals surface area contributed by atoms with E-state index in [9.17, 15) is 4.79 Å². The number of carbonyl (C=O) groups is 1. The molecule has 118 valence electrons. The lowest BCUT2D eigenvalue weighted by Gasteiger charge is -2.27. The lowest BCUT2D eigenvalue weighted by atomic mass is 9.98. The average Bonchev–Trinajstić information content (AvgIpc) is 2.54. The third-order valence-electron chi connectivity index (χ3n) is 3.82. The van der Waals surface area contributed by atoms with Crippen LogP contribution in [0.3, 0.4) is 0 Å². The Morgan fingerprint density at radius 1 is 1.32 bits per heavy atom. The zero-order valence-corrected chi connectivity index (χ0v) is 12.7. The van der Waals surface area contributed by atoms with Crippen molar-refractivity contribution in [1.82, 2.24) is 4.90 Å². The molecule has 0 saturated carbocycles. The van der Waals surface area contributed by atoms with E-state index in [0.717, 1.165) is 13.1 Å². The Hall–Kier alpha value is -1.83. The molecule has 1 unspecified atom stereocenters. The fraction of sp³-hybridized carbons (Fsp3) is 0.533. The molecule has 0 bridgehead atoms. The molecular weight excluding hydrogens is 286 g/mol. The van der Waals surface area contributed by atoms with Gasteiger partial charge in [0.1, 0.15) is 17.7 Å². The summed E-state index contributed by atoms with van der Waals surface area (Å²) in [5, 5.41) is 0. The maximum Gasteiger partial charge on any atom is 0.280 e. The number of morpholine rings is 1.